The monoisotopic (exact) mass is 213 g/mol. The first-order chi connectivity index (χ1) is 6.93. The van der Waals surface area contributed by atoms with Gasteiger partial charge in [0.1, 0.15) is 12.1 Å². The van der Waals surface area contributed by atoms with Crippen LogP contribution in [0.1, 0.15) is 6.92 Å². The third-order valence-corrected chi connectivity index (χ3v) is 1.85. The maximum atomic E-state index is 13.1. The lowest BCUT2D eigenvalue weighted by atomic mass is 10.1. The van der Waals surface area contributed by atoms with E-state index in [0.29, 0.717) is 0 Å². The number of carbonyl (C=O) groups is 1. The van der Waals surface area contributed by atoms with Crippen molar-refractivity contribution in [1.82, 2.24) is 0 Å². The van der Waals surface area contributed by atoms with Crippen LogP contribution in [0.5, 0.6) is 5.75 Å². The van der Waals surface area contributed by atoms with Crippen LogP contribution in [0.25, 0.3) is 0 Å². The molecule has 1 atom stereocenters. The number of hydrogen-bond donors (Lipinski definition) is 2. The van der Waals surface area contributed by atoms with Crippen LogP contribution in [0.3, 0.4) is 0 Å². The molecule has 1 unspecified atom stereocenters. The molecule has 15 heavy (non-hydrogen) atoms. The second-order valence-electron chi connectivity index (χ2n) is 3.44. The van der Waals surface area contributed by atoms with Crippen molar-refractivity contribution in [3.63, 3.8) is 0 Å². The lowest BCUT2D eigenvalue weighted by molar-refractivity contribution is -0.143. The Morgan fingerprint density at radius 2 is 2.20 bits per heavy atom. The molecule has 0 saturated heterocycles. The molecule has 1 aromatic rings. The Morgan fingerprint density at radius 3 is 2.73 bits per heavy atom. The first-order valence-electron chi connectivity index (χ1n) is 4.33. The predicted molar refractivity (Wildman–Crippen MR) is 52.1 cm³/mol. The molecule has 0 aliphatic heterocycles. The van der Waals surface area contributed by atoms with Crippen molar-refractivity contribution in [1.29, 1.82) is 0 Å². The van der Waals surface area contributed by atoms with Crippen molar-refractivity contribution in [2.45, 2.75) is 12.5 Å². The average Bonchev–Trinajstić information content (AvgIpc) is 2.16. The Balaban J connectivity index is 2.66. The van der Waals surface area contributed by atoms with Gasteiger partial charge in [0.25, 0.3) is 0 Å². The minimum absolute atomic E-state index is 0.00424. The fraction of sp³-hybridized carbons (Fsp3) is 0.300. The van der Waals surface area contributed by atoms with Gasteiger partial charge in [0, 0.05) is 0 Å². The number of carboxylic acids is 1. The maximum absolute atomic E-state index is 13.1. The van der Waals surface area contributed by atoms with E-state index in [2.05, 4.69) is 0 Å². The predicted octanol–water partition coefficient (Wildman–Crippen LogP) is 1.01. The van der Waals surface area contributed by atoms with Gasteiger partial charge in [0.15, 0.2) is 11.6 Å². The van der Waals surface area contributed by atoms with Crippen LogP contribution in [-0.2, 0) is 4.79 Å². The summed E-state index contributed by atoms with van der Waals surface area (Å²) >= 11 is 0. The highest BCUT2D eigenvalue weighted by atomic mass is 19.1. The van der Waals surface area contributed by atoms with Gasteiger partial charge in [-0.25, -0.2) is 4.39 Å². The molecular formula is C10H12FNO3. The van der Waals surface area contributed by atoms with Crippen molar-refractivity contribution in [2.75, 3.05) is 6.61 Å². The van der Waals surface area contributed by atoms with Crippen molar-refractivity contribution in [3.8, 4) is 5.75 Å². The minimum Gasteiger partial charge on any atom is -0.488 e. The zero-order chi connectivity index (χ0) is 11.5. The van der Waals surface area contributed by atoms with Crippen molar-refractivity contribution < 1.29 is 19.0 Å². The number of rotatable bonds is 4. The smallest absolute Gasteiger partial charge is 0.326 e. The molecule has 82 valence electrons. The number of para-hydroxylation sites is 1. The van der Waals surface area contributed by atoms with Gasteiger partial charge in [-0.05, 0) is 19.1 Å². The number of benzene rings is 1. The highest BCUT2D eigenvalue weighted by Gasteiger charge is 2.29. The molecule has 1 aromatic carbocycles. The first kappa shape index (κ1) is 11.5. The van der Waals surface area contributed by atoms with E-state index in [9.17, 15) is 9.18 Å². The highest BCUT2D eigenvalue weighted by Crippen LogP contribution is 2.16. The first-order valence-corrected chi connectivity index (χ1v) is 4.33. The van der Waals surface area contributed by atoms with Crippen molar-refractivity contribution in [2.24, 2.45) is 5.73 Å². The minimum atomic E-state index is -1.53. The number of nitrogens with two attached hydrogens (primary N) is 1. The largest absolute Gasteiger partial charge is 0.488 e. The molecule has 0 saturated carbocycles. The number of halogens is 1. The topological polar surface area (TPSA) is 72.5 Å². The highest BCUT2D eigenvalue weighted by molar-refractivity contribution is 5.78. The standard InChI is InChI=1S/C10H12FNO3/c1-10(12,9(13)14)6-15-8-5-3-2-4-7(8)11/h2-5H,6,12H2,1H3,(H,13,14). The summed E-state index contributed by atoms with van der Waals surface area (Å²) < 4.78 is 18.0. The van der Waals surface area contributed by atoms with Crippen molar-refractivity contribution >= 4 is 5.97 Å². The third kappa shape index (κ3) is 2.92. The van der Waals surface area contributed by atoms with Crippen LogP contribution in [-0.4, -0.2) is 23.2 Å². The lowest BCUT2D eigenvalue weighted by Gasteiger charge is -2.19. The van der Waals surface area contributed by atoms with Gasteiger partial charge < -0.3 is 15.6 Å². The summed E-state index contributed by atoms with van der Waals surface area (Å²) in [6, 6.07) is 5.74. The molecule has 0 radical (unpaired) electrons. The van der Waals surface area contributed by atoms with Crippen LogP contribution in [0.2, 0.25) is 0 Å². The Hall–Kier alpha value is -1.62. The van der Waals surface area contributed by atoms with Crippen LogP contribution in [0.4, 0.5) is 4.39 Å². The molecule has 0 fully saturated rings. The lowest BCUT2D eigenvalue weighted by Crippen LogP contribution is -2.50. The van der Waals surface area contributed by atoms with Crippen LogP contribution in [0, 0.1) is 5.82 Å². The number of carboxylic acid groups (broad SMARTS) is 1. The molecule has 0 bridgehead atoms. The summed E-state index contributed by atoms with van der Waals surface area (Å²) in [6.07, 6.45) is 0. The second-order valence-corrected chi connectivity index (χ2v) is 3.44. The zero-order valence-corrected chi connectivity index (χ0v) is 8.24. The molecule has 1 rings (SSSR count). The summed E-state index contributed by atoms with van der Waals surface area (Å²) in [6.45, 7) is 1.01. The molecule has 4 nitrogen and oxygen atoms in total. The maximum Gasteiger partial charge on any atom is 0.326 e. The summed E-state index contributed by atoms with van der Waals surface area (Å²) in [5, 5.41) is 8.69. The van der Waals surface area contributed by atoms with Gasteiger partial charge >= 0.3 is 5.97 Å². The van der Waals surface area contributed by atoms with E-state index in [1.807, 2.05) is 0 Å². The zero-order valence-electron chi connectivity index (χ0n) is 8.24. The molecule has 5 heteroatoms. The molecular weight excluding hydrogens is 201 g/mol. The summed E-state index contributed by atoms with van der Waals surface area (Å²) in [4.78, 5) is 10.6. The van der Waals surface area contributed by atoms with Crippen LogP contribution in [0.15, 0.2) is 24.3 Å². The van der Waals surface area contributed by atoms with Gasteiger partial charge in [-0.2, -0.15) is 0 Å². The second kappa shape index (κ2) is 4.27. The van der Waals surface area contributed by atoms with E-state index in [1.54, 1.807) is 6.07 Å². The fourth-order valence-electron chi connectivity index (χ4n) is 0.851. The molecule has 3 N–H and O–H groups in total. The van der Waals surface area contributed by atoms with Crippen molar-refractivity contribution in [3.05, 3.63) is 30.1 Å². The fourth-order valence-corrected chi connectivity index (χ4v) is 0.851. The average molecular weight is 213 g/mol. The van der Waals surface area contributed by atoms with Crippen LogP contribution >= 0.6 is 0 Å². The van der Waals surface area contributed by atoms with Gasteiger partial charge in [-0.1, -0.05) is 12.1 Å². The van der Waals surface area contributed by atoms with Crippen LogP contribution < -0.4 is 10.5 Å². The molecule has 0 aromatic heterocycles. The van der Waals surface area contributed by atoms with E-state index in [-0.39, 0.29) is 12.4 Å². The molecule has 0 spiro atoms. The van der Waals surface area contributed by atoms with Gasteiger partial charge in [-0.15, -0.1) is 0 Å². The summed E-state index contributed by atoms with van der Waals surface area (Å²) in [7, 11) is 0. The normalized spacial score (nSPS) is 14.3. The molecule has 0 aliphatic rings. The quantitative estimate of drug-likeness (QED) is 0.782. The molecule has 0 aliphatic carbocycles. The molecule has 0 heterocycles. The van der Waals surface area contributed by atoms with E-state index < -0.39 is 17.3 Å². The summed E-state index contributed by atoms with van der Waals surface area (Å²) in [5.41, 5.74) is 3.88. The Morgan fingerprint density at radius 1 is 1.60 bits per heavy atom. The van der Waals surface area contributed by atoms with Gasteiger partial charge in [0.05, 0.1) is 0 Å². The SMILES string of the molecule is CC(N)(COc1ccccc1F)C(=O)O. The number of hydrogen-bond acceptors (Lipinski definition) is 3. The number of aliphatic carboxylic acids is 1. The van der Waals surface area contributed by atoms with E-state index in [1.165, 1.54) is 25.1 Å². The van der Waals surface area contributed by atoms with Gasteiger partial charge in [0.2, 0.25) is 0 Å². The molecule has 0 amide bonds. The summed E-state index contributed by atoms with van der Waals surface area (Å²) in [5.74, 6) is -1.74. The third-order valence-electron chi connectivity index (χ3n) is 1.85. The Bertz CT molecular complexity index is 365. The number of ether oxygens (including phenoxy) is 1. The van der Waals surface area contributed by atoms with E-state index in [0.717, 1.165) is 0 Å². The Labute approximate surface area is 86.5 Å². The van der Waals surface area contributed by atoms with E-state index in [4.69, 9.17) is 15.6 Å². The van der Waals surface area contributed by atoms with E-state index >= 15 is 0 Å². The van der Waals surface area contributed by atoms with Gasteiger partial charge in [-0.3, -0.25) is 4.79 Å². The Kier molecular flexibility index (Phi) is 3.26.